The second kappa shape index (κ2) is 6.26. The van der Waals surface area contributed by atoms with Crippen LogP contribution in [0, 0.1) is 0 Å². The normalized spacial score (nSPS) is 19.1. The van der Waals surface area contributed by atoms with Gasteiger partial charge in [-0.15, -0.1) is 0 Å². The summed E-state index contributed by atoms with van der Waals surface area (Å²) < 4.78 is 4.56. The van der Waals surface area contributed by atoms with Crippen LogP contribution in [-0.4, -0.2) is 32.3 Å². The maximum absolute atomic E-state index is 11.1. The Balaban J connectivity index is 1.95. The monoisotopic (exact) mass is 249 g/mol. The van der Waals surface area contributed by atoms with Gasteiger partial charge in [0.1, 0.15) is 0 Å². The maximum Gasteiger partial charge on any atom is 0.411 e. The van der Waals surface area contributed by atoms with Crippen LogP contribution in [0.15, 0.2) is 24.3 Å². The Kier molecular flexibility index (Phi) is 4.41. The van der Waals surface area contributed by atoms with E-state index in [2.05, 4.69) is 20.7 Å². The molecule has 0 bridgehead atoms. The van der Waals surface area contributed by atoms with Crippen LogP contribution in [0.1, 0.15) is 12.8 Å². The van der Waals surface area contributed by atoms with Gasteiger partial charge in [-0.3, -0.25) is 5.32 Å². The molecule has 0 aliphatic carbocycles. The summed E-state index contributed by atoms with van der Waals surface area (Å²) in [6.07, 6.45) is 1.91. The lowest BCUT2D eigenvalue weighted by atomic mass is 10.1. The molecule has 1 aliphatic heterocycles. The van der Waals surface area contributed by atoms with Crippen LogP contribution >= 0.6 is 0 Å². The number of nitrogens with one attached hydrogen (secondary N) is 3. The quantitative estimate of drug-likeness (QED) is 0.767. The highest BCUT2D eigenvalue weighted by molar-refractivity contribution is 5.85. The molecule has 1 aromatic carbocycles. The van der Waals surface area contributed by atoms with E-state index in [0.717, 1.165) is 24.5 Å². The van der Waals surface area contributed by atoms with Gasteiger partial charge in [-0.1, -0.05) is 6.07 Å². The van der Waals surface area contributed by atoms with Crippen LogP contribution in [-0.2, 0) is 4.74 Å². The number of carbonyl (C=O) groups is 1. The van der Waals surface area contributed by atoms with Gasteiger partial charge < -0.3 is 15.4 Å². The summed E-state index contributed by atoms with van der Waals surface area (Å²) >= 11 is 0. The molecule has 5 nitrogen and oxygen atoms in total. The van der Waals surface area contributed by atoms with Gasteiger partial charge in [0.2, 0.25) is 0 Å². The van der Waals surface area contributed by atoms with Crippen molar-refractivity contribution in [1.29, 1.82) is 0 Å². The first-order valence-electron chi connectivity index (χ1n) is 6.20. The number of rotatable bonds is 3. The van der Waals surface area contributed by atoms with Crippen LogP contribution < -0.4 is 16.0 Å². The molecule has 5 heteroatoms. The number of hydrogen-bond acceptors (Lipinski definition) is 4. The molecule has 0 radical (unpaired) electrons. The van der Waals surface area contributed by atoms with Crippen molar-refractivity contribution in [2.24, 2.45) is 0 Å². The number of anilines is 2. The molecule has 1 heterocycles. The van der Waals surface area contributed by atoms with Crippen LogP contribution in [0.5, 0.6) is 0 Å². The Morgan fingerprint density at radius 2 is 2.28 bits per heavy atom. The minimum absolute atomic E-state index is 0.451. The zero-order valence-corrected chi connectivity index (χ0v) is 10.5. The third kappa shape index (κ3) is 3.63. The molecule has 0 aromatic heterocycles. The molecule has 2 rings (SSSR count). The average Bonchev–Trinajstić information content (AvgIpc) is 2.40. The second-order valence-electron chi connectivity index (χ2n) is 4.38. The number of ether oxygens (including phenoxy) is 1. The molecular formula is C13H19N3O2. The van der Waals surface area contributed by atoms with E-state index in [1.807, 2.05) is 24.3 Å². The van der Waals surface area contributed by atoms with Crippen molar-refractivity contribution in [1.82, 2.24) is 5.32 Å². The Morgan fingerprint density at radius 1 is 1.44 bits per heavy atom. The molecule has 0 saturated carbocycles. The fraction of sp³-hybridized carbons (Fsp3) is 0.462. The smallest absolute Gasteiger partial charge is 0.411 e. The molecule has 1 saturated heterocycles. The van der Waals surface area contributed by atoms with E-state index in [0.29, 0.717) is 6.04 Å². The summed E-state index contributed by atoms with van der Waals surface area (Å²) in [6.45, 7) is 2.08. The van der Waals surface area contributed by atoms with Crippen molar-refractivity contribution in [3.05, 3.63) is 24.3 Å². The van der Waals surface area contributed by atoms with E-state index in [-0.39, 0.29) is 0 Å². The molecule has 1 atom stereocenters. The molecular weight excluding hydrogens is 230 g/mol. The van der Waals surface area contributed by atoms with Gasteiger partial charge in [0.15, 0.2) is 0 Å². The minimum atomic E-state index is -0.452. The van der Waals surface area contributed by atoms with Crippen molar-refractivity contribution in [2.75, 3.05) is 30.8 Å². The number of methoxy groups -OCH3 is 1. The van der Waals surface area contributed by atoms with Gasteiger partial charge in [0, 0.05) is 24.0 Å². The SMILES string of the molecule is COC(=O)Nc1cccc(NC2CCCNC2)c1. The molecule has 98 valence electrons. The van der Waals surface area contributed by atoms with E-state index in [9.17, 15) is 4.79 Å². The third-order valence-corrected chi connectivity index (χ3v) is 2.96. The number of piperidine rings is 1. The molecule has 1 unspecified atom stereocenters. The van der Waals surface area contributed by atoms with E-state index in [4.69, 9.17) is 0 Å². The van der Waals surface area contributed by atoms with Crippen LogP contribution in [0.25, 0.3) is 0 Å². The van der Waals surface area contributed by atoms with E-state index < -0.39 is 6.09 Å². The molecule has 1 aliphatic rings. The largest absolute Gasteiger partial charge is 0.453 e. The Hall–Kier alpha value is -1.75. The highest BCUT2D eigenvalue weighted by Crippen LogP contribution is 2.17. The second-order valence-corrected chi connectivity index (χ2v) is 4.38. The van der Waals surface area contributed by atoms with Gasteiger partial charge in [0.25, 0.3) is 0 Å². The van der Waals surface area contributed by atoms with Gasteiger partial charge in [-0.05, 0) is 37.6 Å². The first kappa shape index (κ1) is 12.7. The Labute approximate surface area is 107 Å². The number of amides is 1. The highest BCUT2D eigenvalue weighted by Gasteiger charge is 2.12. The molecule has 1 amide bonds. The lowest BCUT2D eigenvalue weighted by Crippen LogP contribution is -2.38. The van der Waals surface area contributed by atoms with Crippen LogP contribution in [0.3, 0.4) is 0 Å². The number of carbonyl (C=O) groups excluding carboxylic acids is 1. The standard InChI is InChI=1S/C13H19N3O2/c1-18-13(17)16-11-5-2-4-10(8-11)15-12-6-3-7-14-9-12/h2,4-5,8,12,14-15H,3,6-7,9H2,1H3,(H,16,17). The highest BCUT2D eigenvalue weighted by atomic mass is 16.5. The molecule has 18 heavy (non-hydrogen) atoms. The lowest BCUT2D eigenvalue weighted by molar-refractivity contribution is 0.187. The maximum atomic E-state index is 11.1. The van der Waals surface area contributed by atoms with Crippen molar-refractivity contribution >= 4 is 17.5 Å². The van der Waals surface area contributed by atoms with Crippen molar-refractivity contribution in [3.8, 4) is 0 Å². The van der Waals surface area contributed by atoms with Gasteiger partial charge in [0.05, 0.1) is 7.11 Å². The van der Waals surface area contributed by atoms with Gasteiger partial charge >= 0.3 is 6.09 Å². The fourth-order valence-electron chi connectivity index (χ4n) is 2.07. The van der Waals surface area contributed by atoms with E-state index in [1.165, 1.54) is 20.0 Å². The summed E-state index contributed by atoms with van der Waals surface area (Å²) in [5.74, 6) is 0. The summed E-state index contributed by atoms with van der Waals surface area (Å²) in [7, 11) is 1.35. The molecule has 3 N–H and O–H groups in total. The predicted octanol–water partition coefficient (Wildman–Crippen LogP) is 2.03. The van der Waals surface area contributed by atoms with Crippen molar-refractivity contribution in [3.63, 3.8) is 0 Å². The zero-order valence-electron chi connectivity index (χ0n) is 10.5. The minimum Gasteiger partial charge on any atom is -0.453 e. The summed E-state index contributed by atoms with van der Waals surface area (Å²) in [6, 6.07) is 8.10. The van der Waals surface area contributed by atoms with E-state index in [1.54, 1.807) is 0 Å². The number of hydrogen-bond donors (Lipinski definition) is 3. The lowest BCUT2D eigenvalue weighted by Gasteiger charge is -2.25. The molecule has 1 aromatic rings. The fourth-order valence-corrected chi connectivity index (χ4v) is 2.07. The Morgan fingerprint density at radius 3 is 3.00 bits per heavy atom. The topological polar surface area (TPSA) is 62.4 Å². The van der Waals surface area contributed by atoms with E-state index >= 15 is 0 Å². The molecule has 1 fully saturated rings. The average molecular weight is 249 g/mol. The summed E-state index contributed by atoms with van der Waals surface area (Å²) in [5, 5.41) is 9.47. The van der Waals surface area contributed by atoms with Gasteiger partial charge in [-0.2, -0.15) is 0 Å². The summed E-state index contributed by atoms with van der Waals surface area (Å²) in [5.41, 5.74) is 1.74. The zero-order chi connectivity index (χ0) is 12.8. The molecule has 0 spiro atoms. The first-order valence-corrected chi connectivity index (χ1v) is 6.20. The summed E-state index contributed by atoms with van der Waals surface area (Å²) in [4.78, 5) is 11.1. The third-order valence-electron chi connectivity index (χ3n) is 2.96. The van der Waals surface area contributed by atoms with Crippen molar-refractivity contribution in [2.45, 2.75) is 18.9 Å². The van der Waals surface area contributed by atoms with Crippen LogP contribution in [0.2, 0.25) is 0 Å². The predicted molar refractivity (Wildman–Crippen MR) is 72.0 cm³/mol. The van der Waals surface area contributed by atoms with Gasteiger partial charge in [-0.25, -0.2) is 4.79 Å². The first-order chi connectivity index (χ1) is 8.78. The number of benzene rings is 1. The van der Waals surface area contributed by atoms with Crippen molar-refractivity contribution < 1.29 is 9.53 Å². The van der Waals surface area contributed by atoms with Crippen LogP contribution in [0.4, 0.5) is 16.2 Å². The Bertz CT molecular complexity index is 403.